The Hall–Kier alpha value is -2.61. The van der Waals surface area contributed by atoms with Crippen molar-refractivity contribution in [1.82, 2.24) is 20.4 Å². The van der Waals surface area contributed by atoms with Crippen molar-refractivity contribution in [2.24, 2.45) is 0 Å². The molecule has 4 amide bonds. The second-order valence-electron chi connectivity index (χ2n) is 8.73. The number of nitrogens with one attached hydrogen (secondary N) is 3. The lowest BCUT2D eigenvalue weighted by molar-refractivity contribution is -0.123. The average Bonchev–Trinajstić information content (AvgIpc) is 2.67. The number of amides is 4. The first-order valence-corrected chi connectivity index (χ1v) is 10.6. The first-order valence-electron chi connectivity index (χ1n) is 10.6. The second-order valence-corrected chi connectivity index (χ2v) is 8.73. The summed E-state index contributed by atoms with van der Waals surface area (Å²) in [5.41, 5.74) is 0.465. The highest BCUT2D eigenvalue weighted by molar-refractivity contribution is 5.92. The highest BCUT2D eigenvalue weighted by Gasteiger charge is 2.25. The Bertz CT molecular complexity index is 709. The van der Waals surface area contributed by atoms with Crippen LogP contribution in [0.1, 0.15) is 40.5 Å². The number of likely N-dealkylation sites (N-methyl/N-ethyl adjacent to an activating group) is 1. The molecule has 1 aromatic carbocycles. The molecule has 1 fully saturated rings. The zero-order valence-corrected chi connectivity index (χ0v) is 18.5. The predicted molar refractivity (Wildman–Crippen MR) is 118 cm³/mol. The Morgan fingerprint density at radius 2 is 1.70 bits per heavy atom. The van der Waals surface area contributed by atoms with Gasteiger partial charge < -0.3 is 20.9 Å². The Labute approximate surface area is 179 Å². The van der Waals surface area contributed by atoms with E-state index in [1.54, 1.807) is 0 Å². The molecule has 0 saturated carbocycles. The van der Waals surface area contributed by atoms with Crippen molar-refractivity contribution in [2.45, 2.75) is 52.1 Å². The van der Waals surface area contributed by atoms with Gasteiger partial charge in [-0.15, -0.1) is 0 Å². The first-order chi connectivity index (χ1) is 14.2. The van der Waals surface area contributed by atoms with Gasteiger partial charge in [-0.2, -0.15) is 0 Å². The number of benzene rings is 1. The van der Waals surface area contributed by atoms with Gasteiger partial charge in [0.05, 0.1) is 6.54 Å². The largest absolute Gasteiger partial charge is 0.350 e. The molecule has 1 aliphatic rings. The molecule has 1 aromatic rings. The third kappa shape index (κ3) is 8.41. The SMILES string of the molecule is CCN(CC(=O)NC(C)(C)C)C(=O)NC1CCN(CC(=O)Nc2ccccc2)CC1. The maximum Gasteiger partial charge on any atom is 0.318 e. The zero-order chi connectivity index (χ0) is 22.1. The van der Waals surface area contributed by atoms with Crippen LogP contribution < -0.4 is 16.0 Å². The fraction of sp³-hybridized carbons (Fsp3) is 0.591. The lowest BCUT2D eigenvalue weighted by Gasteiger charge is -2.33. The molecular weight excluding hydrogens is 382 g/mol. The van der Waals surface area contributed by atoms with E-state index in [-0.39, 0.29) is 36.0 Å². The van der Waals surface area contributed by atoms with Crippen LogP contribution in [-0.2, 0) is 9.59 Å². The Balaban J connectivity index is 1.73. The van der Waals surface area contributed by atoms with E-state index in [0.717, 1.165) is 31.6 Å². The summed E-state index contributed by atoms with van der Waals surface area (Å²) in [5, 5.41) is 8.80. The van der Waals surface area contributed by atoms with Gasteiger partial charge in [-0.25, -0.2) is 4.79 Å². The Kier molecular flexibility index (Phi) is 8.65. The van der Waals surface area contributed by atoms with Gasteiger partial charge in [-0.05, 0) is 52.7 Å². The number of nitrogens with zero attached hydrogens (tertiary/aromatic N) is 2. The zero-order valence-electron chi connectivity index (χ0n) is 18.5. The van der Waals surface area contributed by atoms with Crippen LogP contribution >= 0.6 is 0 Å². The predicted octanol–water partition coefficient (Wildman–Crippen LogP) is 2.04. The summed E-state index contributed by atoms with van der Waals surface area (Å²) >= 11 is 0. The highest BCUT2D eigenvalue weighted by atomic mass is 16.2. The fourth-order valence-corrected chi connectivity index (χ4v) is 3.38. The number of anilines is 1. The van der Waals surface area contributed by atoms with Crippen LogP contribution in [0.2, 0.25) is 0 Å². The van der Waals surface area contributed by atoms with Crippen LogP contribution in [0.15, 0.2) is 30.3 Å². The maximum absolute atomic E-state index is 12.6. The van der Waals surface area contributed by atoms with E-state index in [0.29, 0.717) is 13.1 Å². The van der Waals surface area contributed by atoms with Gasteiger partial charge in [0.15, 0.2) is 0 Å². The number of carbonyl (C=O) groups excluding carboxylic acids is 3. The van der Waals surface area contributed by atoms with Crippen molar-refractivity contribution in [1.29, 1.82) is 0 Å². The molecule has 0 spiro atoms. The standard InChI is InChI=1S/C22H35N5O3/c1-5-27(16-20(29)25-22(2,3)4)21(30)24-18-11-13-26(14-12-18)15-19(28)23-17-9-7-6-8-10-17/h6-10,18H,5,11-16H2,1-4H3,(H,23,28)(H,24,30)(H,25,29). The number of piperidine rings is 1. The summed E-state index contributed by atoms with van der Waals surface area (Å²) in [5.74, 6) is -0.204. The van der Waals surface area contributed by atoms with E-state index in [2.05, 4.69) is 20.9 Å². The van der Waals surface area contributed by atoms with Crippen molar-refractivity contribution in [3.8, 4) is 0 Å². The van der Waals surface area contributed by atoms with Crippen LogP contribution in [0.3, 0.4) is 0 Å². The lowest BCUT2D eigenvalue weighted by atomic mass is 10.1. The second kappa shape index (κ2) is 11.0. The Morgan fingerprint density at radius 1 is 1.07 bits per heavy atom. The summed E-state index contributed by atoms with van der Waals surface area (Å²) in [6.45, 7) is 9.91. The molecule has 8 heteroatoms. The van der Waals surface area contributed by atoms with Crippen LogP contribution in [0.5, 0.6) is 0 Å². The van der Waals surface area contributed by atoms with Crippen LogP contribution in [0.25, 0.3) is 0 Å². The Morgan fingerprint density at radius 3 is 2.27 bits per heavy atom. The maximum atomic E-state index is 12.6. The minimum atomic E-state index is -0.327. The van der Waals surface area contributed by atoms with E-state index < -0.39 is 0 Å². The molecule has 1 aliphatic heterocycles. The van der Waals surface area contributed by atoms with Crippen molar-refractivity contribution in [3.63, 3.8) is 0 Å². The number of rotatable bonds is 7. The van der Waals surface area contributed by atoms with Gasteiger partial charge in [-0.1, -0.05) is 18.2 Å². The van der Waals surface area contributed by atoms with E-state index in [4.69, 9.17) is 0 Å². The van der Waals surface area contributed by atoms with Gasteiger partial charge in [0, 0.05) is 36.9 Å². The molecule has 0 bridgehead atoms. The molecule has 3 N–H and O–H groups in total. The third-order valence-electron chi connectivity index (χ3n) is 4.86. The molecule has 2 rings (SSSR count). The summed E-state index contributed by atoms with van der Waals surface area (Å²) in [6, 6.07) is 9.23. The van der Waals surface area contributed by atoms with Crippen LogP contribution in [0.4, 0.5) is 10.5 Å². The number of likely N-dealkylation sites (tertiary alicyclic amines) is 1. The molecule has 0 atom stereocenters. The van der Waals surface area contributed by atoms with Gasteiger partial charge in [-0.3, -0.25) is 14.5 Å². The summed E-state index contributed by atoms with van der Waals surface area (Å²) in [4.78, 5) is 40.5. The quantitative estimate of drug-likeness (QED) is 0.633. The van der Waals surface area contributed by atoms with Gasteiger partial charge >= 0.3 is 6.03 Å². The average molecular weight is 418 g/mol. The third-order valence-corrected chi connectivity index (χ3v) is 4.86. The number of carbonyl (C=O) groups is 3. The van der Waals surface area contributed by atoms with Crippen molar-refractivity contribution < 1.29 is 14.4 Å². The van der Waals surface area contributed by atoms with E-state index in [1.165, 1.54) is 4.90 Å². The van der Waals surface area contributed by atoms with E-state index >= 15 is 0 Å². The van der Waals surface area contributed by atoms with Gasteiger partial charge in [0.2, 0.25) is 11.8 Å². The molecule has 166 valence electrons. The summed E-state index contributed by atoms with van der Waals surface area (Å²) in [6.07, 6.45) is 1.55. The fourth-order valence-electron chi connectivity index (χ4n) is 3.38. The highest BCUT2D eigenvalue weighted by Crippen LogP contribution is 2.12. The van der Waals surface area contributed by atoms with Crippen molar-refractivity contribution in [3.05, 3.63) is 30.3 Å². The molecule has 1 heterocycles. The van der Waals surface area contributed by atoms with Crippen molar-refractivity contribution in [2.75, 3.05) is 38.0 Å². The van der Waals surface area contributed by atoms with E-state index in [1.807, 2.05) is 58.0 Å². The first kappa shape index (κ1) is 23.7. The lowest BCUT2D eigenvalue weighted by Crippen LogP contribution is -2.53. The summed E-state index contributed by atoms with van der Waals surface area (Å²) < 4.78 is 0. The smallest absolute Gasteiger partial charge is 0.318 e. The minimum Gasteiger partial charge on any atom is -0.350 e. The molecule has 30 heavy (non-hydrogen) atoms. The number of urea groups is 1. The molecule has 0 unspecified atom stereocenters. The normalized spacial score (nSPS) is 15.3. The van der Waals surface area contributed by atoms with E-state index in [9.17, 15) is 14.4 Å². The number of hydrogen-bond donors (Lipinski definition) is 3. The van der Waals surface area contributed by atoms with Gasteiger partial charge in [0.1, 0.15) is 6.54 Å². The molecule has 0 aliphatic carbocycles. The molecule has 0 aromatic heterocycles. The molecular formula is C22H35N5O3. The van der Waals surface area contributed by atoms with Crippen LogP contribution in [-0.4, -0.2) is 71.9 Å². The van der Waals surface area contributed by atoms with Gasteiger partial charge in [0.25, 0.3) is 0 Å². The minimum absolute atomic E-state index is 0.0364. The monoisotopic (exact) mass is 417 g/mol. The van der Waals surface area contributed by atoms with Crippen LogP contribution in [0, 0.1) is 0 Å². The molecule has 8 nitrogen and oxygen atoms in total. The topological polar surface area (TPSA) is 93.8 Å². The summed E-state index contributed by atoms with van der Waals surface area (Å²) in [7, 11) is 0. The molecule has 1 saturated heterocycles. The number of hydrogen-bond acceptors (Lipinski definition) is 4. The molecule has 0 radical (unpaired) electrons. The number of para-hydroxylation sites is 1. The van der Waals surface area contributed by atoms with Crippen molar-refractivity contribution >= 4 is 23.5 Å².